The van der Waals surface area contributed by atoms with Gasteiger partial charge in [0.2, 0.25) is 0 Å². The number of hydrazone groups is 2. The highest BCUT2D eigenvalue weighted by Gasteiger charge is 2.63. The Balaban J connectivity index is 1.62. The van der Waals surface area contributed by atoms with Crippen LogP contribution in [0.15, 0.2) is 119 Å². The van der Waals surface area contributed by atoms with Crippen LogP contribution in [0.2, 0.25) is 10.0 Å². The second kappa shape index (κ2) is 10.8. The zero-order valence-corrected chi connectivity index (χ0v) is 23.3. The Hall–Kier alpha value is -4.13. The highest BCUT2D eigenvalue weighted by Crippen LogP contribution is 2.47. The highest BCUT2D eigenvalue weighted by atomic mass is 35.5. The molecule has 0 amide bonds. The molecular formula is C32H26Cl2N4O2. The molecule has 1 spiro atoms. The summed E-state index contributed by atoms with van der Waals surface area (Å²) in [6.45, 7) is 2.05. The van der Waals surface area contributed by atoms with Gasteiger partial charge >= 0.3 is 5.97 Å². The summed E-state index contributed by atoms with van der Waals surface area (Å²) in [7, 11) is 0. The highest BCUT2D eigenvalue weighted by molar-refractivity contribution is 6.31. The molecule has 2 aliphatic rings. The fraction of sp³-hybridized carbons (Fsp3) is 0.156. The molecule has 0 saturated carbocycles. The van der Waals surface area contributed by atoms with Crippen molar-refractivity contribution in [2.75, 3.05) is 16.6 Å². The van der Waals surface area contributed by atoms with Crippen molar-refractivity contribution in [1.82, 2.24) is 0 Å². The molecule has 0 N–H and O–H groups in total. The topological polar surface area (TPSA) is 57.5 Å². The molecule has 0 unspecified atom stereocenters. The summed E-state index contributed by atoms with van der Waals surface area (Å²) >= 11 is 12.5. The van der Waals surface area contributed by atoms with E-state index in [-0.39, 0.29) is 12.6 Å². The Labute approximate surface area is 243 Å². The number of carbonyl (C=O) groups excluding carboxylic acids is 1. The van der Waals surface area contributed by atoms with Crippen LogP contribution in [0.1, 0.15) is 24.5 Å². The zero-order valence-electron chi connectivity index (χ0n) is 21.7. The van der Waals surface area contributed by atoms with Gasteiger partial charge < -0.3 is 4.74 Å². The minimum atomic E-state index is -1.04. The van der Waals surface area contributed by atoms with E-state index >= 15 is 0 Å². The van der Waals surface area contributed by atoms with E-state index in [1.807, 2.05) is 121 Å². The normalized spacial score (nSPS) is 20.0. The third-order valence-corrected chi connectivity index (χ3v) is 7.68. The molecular weight excluding hydrogens is 543 g/mol. The standard InChI is InChI=1S/C32H26Cl2N4O2/c1-2-40-31(39)30-32(29(23-15-19-25(34)20-16-23)36-37(30)26-9-5-3-6-10-26)21-28(22-13-17-24(33)18-14-22)35-38(32)27-11-7-4-8-12-27/h3-20,30H,2,21H2,1H3/t30-,32-/m1/s1. The predicted octanol–water partition coefficient (Wildman–Crippen LogP) is 7.20. The van der Waals surface area contributed by atoms with Crippen molar-refractivity contribution in [3.8, 4) is 0 Å². The number of ether oxygens (including phenoxy) is 1. The molecule has 0 aromatic heterocycles. The maximum absolute atomic E-state index is 14.0. The summed E-state index contributed by atoms with van der Waals surface area (Å²) in [6, 6.07) is 33.8. The molecule has 6 rings (SSSR count). The fourth-order valence-electron chi connectivity index (χ4n) is 5.43. The Morgan fingerprint density at radius 1 is 0.800 bits per heavy atom. The van der Waals surface area contributed by atoms with E-state index < -0.39 is 11.6 Å². The predicted molar refractivity (Wildman–Crippen MR) is 162 cm³/mol. The van der Waals surface area contributed by atoms with E-state index in [1.165, 1.54) is 0 Å². The average Bonchev–Trinajstić information content (AvgIpc) is 3.54. The number of benzene rings is 4. The number of nitrogens with zero attached hydrogens (tertiary/aromatic N) is 4. The van der Waals surface area contributed by atoms with Gasteiger partial charge in [-0.3, -0.25) is 0 Å². The minimum absolute atomic E-state index is 0.237. The second-order valence-electron chi connectivity index (χ2n) is 9.59. The van der Waals surface area contributed by atoms with Gasteiger partial charge in [0.05, 0.1) is 29.4 Å². The van der Waals surface area contributed by atoms with E-state index in [0.29, 0.717) is 22.2 Å². The third kappa shape index (κ3) is 4.53. The molecule has 0 fully saturated rings. The molecule has 0 radical (unpaired) electrons. The van der Waals surface area contributed by atoms with Crippen molar-refractivity contribution >= 4 is 52.0 Å². The van der Waals surface area contributed by atoms with Crippen molar-refractivity contribution < 1.29 is 9.53 Å². The van der Waals surface area contributed by atoms with E-state index in [4.69, 9.17) is 38.1 Å². The van der Waals surface area contributed by atoms with Gasteiger partial charge in [0.1, 0.15) is 5.54 Å². The fourth-order valence-corrected chi connectivity index (χ4v) is 5.69. The first kappa shape index (κ1) is 26.1. The summed E-state index contributed by atoms with van der Waals surface area (Å²) < 4.78 is 5.74. The molecule has 6 nitrogen and oxygen atoms in total. The first-order valence-corrected chi connectivity index (χ1v) is 13.8. The molecule has 2 atom stereocenters. The van der Waals surface area contributed by atoms with E-state index in [1.54, 1.807) is 5.01 Å². The first-order chi connectivity index (χ1) is 19.5. The average molecular weight is 569 g/mol. The van der Waals surface area contributed by atoms with E-state index in [9.17, 15) is 4.79 Å². The molecule has 0 bridgehead atoms. The quantitative estimate of drug-likeness (QED) is 0.231. The van der Waals surface area contributed by atoms with Crippen LogP contribution in [0.4, 0.5) is 11.4 Å². The lowest BCUT2D eigenvalue weighted by Crippen LogP contribution is -2.62. The van der Waals surface area contributed by atoms with Crippen molar-refractivity contribution in [3.63, 3.8) is 0 Å². The van der Waals surface area contributed by atoms with Crippen LogP contribution in [-0.2, 0) is 9.53 Å². The molecule has 4 aromatic rings. The molecule has 2 heterocycles. The van der Waals surface area contributed by atoms with Crippen molar-refractivity contribution in [3.05, 3.63) is 130 Å². The van der Waals surface area contributed by atoms with Crippen LogP contribution in [-0.4, -0.2) is 35.6 Å². The van der Waals surface area contributed by atoms with Crippen LogP contribution in [0, 0.1) is 0 Å². The minimum Gasteiger partial charge on any atom is -0.464 e. The molecule has 40 heavy (non-hydrogen) atoms. The second-order valence-corrected chi connectivity index (χ2v) is 10.5. The van der Waals surface area contributed by atoms with Crippen LogP contribution in [0.5, 0.6) is 0 Å². The van der Waals surface area contributed by atoms with Crippen molar-refractivity contribution in [2.24, 2.45) is 10.2 Å². The molecule has 0 aliphatic carbocycles. The summed E-state index contributed by atoms with van der Waals surface area (Å²) in [4.78, 5) is 14.0. The van der Waals surface area contributed by atoms with Crippen molar-refractivity contribution in [1.29, 1.82) is 0 Å². The number of anilines is 2. The van der Waals surface area contributed by atoms with Crippen LogP contribution >= 0.6 is 23.2 Å². The van der Waals surface area contributed by atoms with Gasteiger partial charge in [0, 0.05) is 22.0 Å². The van der Waals surface area contributed by atoms with Gasteiger partial charge in [-0.1, -0.05) is 83.9 Å². The van der Waals surface area contributed by atoms with Gasteiger partial charge in [0.25, 0.3) is 0 Å². The van der Waals surface area contributed by atoms with Crippen molar-refractivity contribution in [2.45, 2.75) is 24.9 Å². The number of hydrogen-bond acceptors (Lipinski definition) is 6. The number of carbonyl (C=O) groups is 1. The number of rotatable bonds is 6. The molecule has 4 aromatic carbocycles. The summed E-state index contributed by atoms with van der Waals surface area (Å²) in [5.74, 6) is -0.382. The lowest BCUT2D eigenvalue weighted by molar-refractivity contribution is -0.145. The zero-order chi connectivity index (χ0) is 27.7. The smallest absolute Gasteiger partial charge is 0.333 e. The van der Waals surface area contributed by atoms with Gasteiger partial charge in [-0.15, -0.1) is 0 Å². The summed E-state index contributed by atoms with van der Waals surface area (Å²) in [6.07, 6.45) is 0.401. The molecule has 2 aliphatic heterocycles. The van der Waals surface area contributed by atoms with Gasteiger partial charge in [-0.2, -0.15) is 10.2 Å². The molecule has 8 heteroatoms. The Morgan fingerprint density at radius 2 is 1.35 bits per heavy atom. The monoisotopic (exact) mass is 568 g/mol. The van der Waals surface area contributed by atoms with Gasteiger partial charge in [-0.05, 0) is 61.0 Å². The first-order valence-electron chi connectivity index (χ1n) is 13.1. The number of esters is 1. The Morgan fingerprint density at radius 3 is 1.93 bits per heavy atom. The van der Waals surface area contributed by atoms with Crippen LogP contribution in [0.25, 0.3) is 0 Å². The number of halogens is 2. The summed E-state index contributed by atoms with van der Waals surface area (Å²) in [5.41, 5.74) is 3.83. The van der Waals surface area contributed by atoms with Crippen LogP contribution < -0.4 is 10.0 Å². The molecule has 200 valence electrons. The Kier molecular flexibility index (Phi) is 7.05. The number of hydrogen-bond donors (Lipinski definition) is 0. The van der Waals surface area contributed by atoms with Crippen LogP contribution in [0.3, 0.4) is 0 Å². The largest absolute Gasteiger partial charge is 0.464 e. The lowest BCUT2D eigenvalue weighted by atomic mass is 9.77. The maximum Gasteiger partial charge on any atom is 0.333 e. The third-order valence-electron chi connectivity index (χ3n) is 7.18. The summed E-state index contributed by atoms with van der Waals surface area (Å²) in [5, 5.41) is 15.3. The maximum atomic E-state index is 14.0. The number of para-hydroxylation sites is 2. The molecule has 0 saturated heterocycles. The Bertz CT molecular complexity index is 1580. The lowest BCUT2D eigenvalue weighted by Gasteiger charge is -2.40. The van der Waals surface area contributed by atoms with E-state index in [2.05, 4.69) is 0 Å². The van der Waals surface area contributed by atoms with Gasteiger partial charge in [-0.25, -0.2) is 14.8 Å². The SMILES string of the molecule is CCOC(=O)[C@H]1N(c2ccccc2)N=C(c2ccc(Cl)cc2)[C@]12CC(c1ccc(Cl)cc1)=NN2c1ccccc1. The van der Waals surface area contributed by atoms with E-state index in [0.717, 1.165) is 28.2 Å². The van der Waals surface area contributed by atoms with Gasteiger partial charge in [0.15, 0.2) is 6.04 Å².